The first-order valence-electron chi connectivity index (χ1n) is 6.17. The van der Waals surface area contributed by atoms with E-state index in [0.29, 0.717) is 11.6 Å². The van der Waals surface area contributed by atoms with Gasteiger partial charge in [0.05, 0.1) is 5.69 Å². The number of hydrogen-bond acceptors (Lipinski definition) is 2. The molecule has 1 aliphatic rings. The van der Waals surface area contributed by atoms with Crippen LogP contribution in [0.1, 0.15) is 19.8 Å². The summed E-state index contributed by atoms with van der Waals surface area (Å²) in [7, 11) is 0. The van der Waals surface area contributed by atoms with E-state index in [1.165, 1.54) is 18.2 Å². The van der Waals surface area contributed by atoms with Crippen LogP contribution in [-0.4, -0.2) is 24.0 Å². The lowest BCUT2D eigenvalue weighted by atomic mass is 10.0. The predicted molar refractivity (Wildman–Crippen MR) is 69.8 cm³/mol. The number of carbonyl (C=O) groups is 1. The number of halogens is 1. The van der Waals surface area contributed by atoms with Crippen LogP contribution in [0.25, 0.3) is 0 Å². The van der Waals surface area contributed by atoms with Gasteiger partial charge < -0.3 is 16.0 Å². The maximum atomic E-state index is 13.0. The van der Waals surface area contributed by atoms with Gasteiger partial charge in [-0.15, -0.1) is 0 Å². The van der Waals surface area contributed by atoms with Crippen molar-refractivity contribution in [2.45, 2.75) is 19.8 Å². The molecule has 1 fully saturated rings. The van der Waals surface area contributed by atoms with Crippen molar-refractivity contribution in [2.24, 2.45) is 5.92 Å². The third-order valence-corrected chi connectivity index (χ3v) is 3.19. The summed E-state index contributed by atoms with van der Waals surface area (Å²) in [5, 5.41) is 2.74. The van der Waals surface area contributed by atoms with Crippen LogP contribution in [0.5, 0.6) is 0 Å². The zero-order valence-electron chi connectivity index (χ0n) is 10.4. The number of carbonyl (C=O) groups excluding carboxylic acids is 1. The van der Waals surface area contributed by atoms with Crippen LogP contribution < -0.4 is 11.1 Å². The molecular formula is C13H18FN3O. The topological polar surface area (TPSA) is 58.4 Å². The first-order chi connectivity index (χ1) is 8.56. The molecule has 1 unspecified atom stereocenters. The number of nitrogens with zero attached hydrogens (tertiary/aromatic N) is 1. The van der Waals surface area contributed by atoms with Crippen LogP contribution in [-0.2, 0) is 0 Å². The predicted octanol–water partition coefficient (Wildman–Crippen LogP) is 2.67. The second-order valence-electron chi connectivity index (χ2n) is 4.86. The Bertz CT molecular complexity index is 450. The van der Waals surface area contributed by atoms with E-state index in [9.17, 15) is 9.18 Å². The molecule has 0 spiro atoms. The molecular weight excluding hydrogens is 233 g/mol. The molecule has 0 saturated carbocycles. The van der Waals surface area contributed by atoms with E-state index in [4.69, 9.17) is 5.73 Å². The van der Waals surface area contributed by atoms with Gasteiger partial charge in [-0.25, -0.2) is 9.18 Å². The minimum Gasteiger partial charge on any atom is -0.396 e. The highest BCUT2D eigenvalue weighted by Gasteiger charge is 2.20. The number of anilines is 2. The molecule has 98 valence electrons. The van der Waals surface area contributed by atoms with Crippen LogP contribution in [0.4, 0.5) is 20.6 Å². The van der Waals surface area contributed by atoms with Gasteiger partial charge in [-0.05, 0) is 37.0 Å². The third-order valence-electron chi connectivity index (χ3n) is 3.19. The number of amides is 2. The Hall–Kier alpha value is -1.78. The second-order valence-corrected chi connectivity index (χ2v) is 4.86. The van der Waals surface area contributed by atoms with Gasteiger partial charge in [0.2, 0.25) is 0 Å². The molecule has 0 aliphatic carbocycles. The van der Waals surface area contributed by atoms with Gasteiger partial charge in [-0.2, -0.15) is 0 Å². The number of piperidine rings is 1. The van der Waals surface area contributed by atoms with E-state index in [0.717, 1.165) is 25.9 Å². The normalized spacial score (nSPS) is 19.7. The Kier molecular flexibility index (Phi) is 3.69. The molecule has 1 heterocycles. The fraction of sp³-hybridized carbons (Fsp3) is 0.462. The monoisotopic (exact) mass is 251 g/mol. The van der Waals surface area contributed by atoms with Crippen molar-refractivity contribution >= 4 is 17.4 Å². The molecule has 4 nitrogen and oxygen atoms in total. The molecule has 5 heteroatoms. The number of urea groups is 1. The summed E-state index contributed by atoms with van der Waals surface area (Å²) in [6.45, 7) is 3.67. The van der Waals surface area contributed by atoms with Crippen molar-refractivity contribution in [3.8, 4) is 0 Å². The lowest BCUT2D eigenvalue weighted by molar-refractivity contribution is 0.182. The number of nitrogen functional groups attached to an aromatic ring is 1. The highest BCUT2D eigenvalue weighted by Crippen LogP contribution is 2.19. The molecule has 1 atom stereocenters. The van der Waals surface area contributed by atoms with E-state index in [-0.39, 0.29) is 11.7 Å². The third kappa shape index (κ3) is 2.91. The minimum absolute atomic E-state index is 0.0415. The summed E-state index contributed by atoms with van der Waals surface area (Å²) >= 11 is 0. The SMILES string of the molecule is CC1CCCN(C(=O)Nc2ccc(F)c(N)c2)C1. The maximum Gasteiger partial charge on any atom is 0.321 e. The van der Waals surface area contributed by atoms with Gasteiger partial charge in [0.25, 0.3) is 0 Å². The van der Waals surface area contributed by atoms with E-state index < -0.39 is 5.82 Å². The van der Waals surface area contributed by atoms with E-state index in [1.807, 2.05) is 0 Å². The molecule has 1 aromatic rings. The molecule has 0 aromatic heterocycles. The van der Waals surface area contributed by atoms with Crippen molar-refractivity contribution in [1.29, 1.82) is 0 Å². The lowest BCUT2D eigenvalue weighted by Crippen LogP contribution is -2.41. The zero-order chi connectivity index (χ0) is 13.1. The average molecular weight is 251 g/mol. The first-order valence-corrected chi connectivity index (χ1v) is 6.17. The quantitative estimate of drug-likeness (QED) is 0.754. The number of likely N-dealkylation sites (tertiary alicyclic amines) is 1. The zero-order valence-corrected chi connectivity index (χ0v) is 10.4. The number of nitrogens with two attached hydrogens (primary N) is 1. The fourth-order valence-electron chi connectivity index (χ4n) is 2.20. The Labute approximate surface area is 106 Å². The lowest BCUT2D eigenvalue weighted by Gasteiger charge is -2.30. The molecule has 1 aromatic carbocycles. The van der Waals surface area contributed by atoms with Gasteiger partial charge in [-0.3, -0.25) is 0 Å². The summed E-state index contributed by atoms with van der Waals surface area (Å²) in [6, 6.07) is 4.05. The highest BCUT2D eigenvalue weighted by atomic mass is 19.1. The summed E-state index contributed by atoms with van der Waals surface area (Å²) in [6.07, 6.45) is 2.19. The number of benzene rings is 1. The fourth-order valence-corrected chi connectivity index (χ4v) is 2.20. The highest BCUT2D eigenvalue weighted by molar-refractivity contribution is 5.89. The van der Waals surface area contributed by atoms with Gasteiger partial charge >= 0.3 is 6.03 Å². The van der Waals surface area contributed by atoms with E-state index >= 15 is 0 Å². The van der Waals surface area contributed by atoms with Crippen molar-refractivity contribution in [3.05, 3.63) is 24.0 Å². The standard InChI is InChI=1S/C13H18FN3O/c1-9-3-2-6-17(8-9)13(18)16-10-4-5-11(14)12(15)7-10/h4-5,7,9H,2-3,6,8,15H2,1H3,(H,16,18). The van der Waals surface area contributed by atoms with Crippen molar-refractivity contribution in [3.63, 3.8) is 0 Å². The van der Waals surface area contributed by atoms with Crippen molar-refractivity contribution in [1.82, 2.24) is 4.90 Å². The van der Waals surface area contributed by atoms with Crippen LogP contribution in [0.2, 0.25) is 0 Å². The van der Waals surface area contributed by atoms with Gasteiger partial charge in [-0.1, -0.05) is 6.92 Å². The number of nitrogens with one attached hydrogen (secondary N) is 1. The smallest absolute Gasteiger partial charge is 0.321 e. The largest absolute Gasteiger partial charge is 0.396 e. The summed E-state index contributed by atoms with van der Waals surface area (Å²) in [4.78, 5) is 13.8. The molecule has 18 heavy (non-hydrogen) atoms. The molecule has 3 N–H and O–H groups in total. The summed E-state index contributed by atoms with van der Waals surface area (Å²) in [5.74, 6) is 0.0578. The molecule has 2 rings (SSSR count). The Morgan fingerprint density at radius 3 is 3.00 bits per heavy atom. The van der Waals surface area contributed by atoms with Crippen LogP contribution >= 0.6 is 0 Å². The van der Waals surface area contributed by atoms with Gasteiger partial charge in [0.1, 0.15) is 5.82 Å². The van der Waals surface area contributed by atoms with E-state index in [1.54, 1.807) is 4.90 Å². The molecule has 1 saturated heterocycles. The summed E-state index contributed by atoms with van der Waals surface area (Å²) < 4.78 is 13.0. The maximum absolute atomic E-state index is 13.0. The van der Waals surface area contributed by atoms with Gasteiger partial charge in [0, 0.05) is 18.8 Å². The van der Waals surface area contributed by atoms with Crippen LogP contribution in [0, 0.1) is 11.7 Å². The molecule has 1 aliphatic heterocycles. The Balaban J connectivity index is 2.00. The number of rotatable bonds is 1. The number of hydrogen-bond donors (Lipinski definition) is 2. The Morgan fingerprint density at radius 1 is 1.56 bits per heavy atom. The van der Waals surface area contributed by atoms with E-state index in [2.05, 4.69) is 12.2 Å². The van der Waals surface area contributed by atoms with Crippen LogP contribution in [0.15, 0.2) is 18.2 Å². The van der Waals surface area contributed by atoms with Gasteiger partial charge in [0.15, 0.2) is 0 Å². The van der Waals surface area contributed by atoms with Crippen molar-refractivity contribution in [2.75, 3.05) is 24.1 Å². The Morgan fingerprint density at radius 2 is 2.33 bits per heavy atom. The first kappa shape index (κ1) is 12.7. The van der Waals surface area contributed by atoms with Crippen molar-refractivity contribution < 1.29 is 9.18 Å². The summed E-state index contributed by atoms with van der Waals surface area (Å²) in [5.41, 5.74) is 6.02. The van der Waals surface area contributed by atoms with Crippen LogP contribution in [0.3, 0.4) is 0 Å². The molecule has 2 amide bonds. The molecule has 0 radical (unpaired) electrons. The minimum atomic E-state index is -0.473. The second kappa shape index (κ2) is 5.25. The molecule has 0 bridgehead atoms. The average Bonchev–Trinajstić information content (AvgIpc) is 2.34.